The molecular weight excluding hydrogens is 238 g/mol. The smallest absolute Gasteiger partial charge is 0.115 e. The number of phenols is 1. The molecular formula is C16H25NO2. The molecule has 3 nitrogen and oxygen atoms in total. The zero-order chi connectivity index (χ0) is 16.4. The minimum absolute atomic E-state index is 0.169. The van der Waals surface area contributed by atoms with E-state index in [9.17, 15) is 10.2 Å². The fourth-order valence-corrected chi connectivity index (χ4v) is 3.08. The zero-order valence-corrected chi connectivity index (χ0v) is 11.5. The van der Waals surface area contributed by atoms with Crippen molar-refractivity contribution in [2.75, 3.05) is 20.6 Å². The molecule has 0 aromatic heterocycles. The molecule has 0 heterocycles. The Balaban J connectivity index is 2.29. The van der Waals surface area contributed by atoms with Gasteiger partial charge in [-0.15, -0.1) is 0 Å². The first kappa shape index (κ1) is 10.7. The molecule has 0 radical (unpaired) electrons. The van der Waals surface area contributed by atoms with Crippen molar-refractivity contribution >= 4 is 0 Å². The molecule has 0 saturated heterocycles. The summed E-state index contributed by atoms with van der Waals surface area (Å²) >= 11 is 0. The van der Waals surface area contributed by atoms with Gasteiger partial charge in [-0.25, -0.2) is 0 Å². The maximum atomic E-state index is 11.1. The summed E-state index contributed by atoms with van der Waals surface area (Å²) in [5.74, 6) is -0.110. The fourth-order valence-electron chi connectivity index (χ4n) is 3.08. The summed E-state index contributed by atoms with van der Waals surface area (Å²) in [6.45, 7) is -1.92. The van der Waals surface area contributed by atoms with E-state index in [1.165, 1.54) is 4.90 Å². The van der Waals surface area contributed by atoms with Crippen LogP contribution in [0.1, 0.15) is 47.7 Å². The third-order valence-electron chi connectivity index (χ3n) is 4.12. The van der Waals surface area contributed by atoms with Crippen LogP contribution < -0.4 is 0 Å². The van der Waals surface area contributed by atoms with E-state index in [4.69, 9.17) is 4.11 Å². The standard InChI is InChI=1S/C16H25NO2/c1-17(2)12-15(13-6-8-14(18)9-7-13)16(19)10-4-3-5-11-16/h6-9,15,18-19H,3-5,10-12H2,1-2H3/t15-/m1/s1/i1D3. The van der Waals surface area contributed by atoms with E-state index in [1.54, 1.807) is 31.3 Å². The van der Waals surface area contributed by atoms with Gasteiger partial charge in [0.05, 0.1) is 5.60 Å². The van der Waals surface area contributed by atoms with Gasteiger partial charge in [0.15, 0.2) is 0 Å². The molecule has 1 aliphatic rings. The first-order valence-electron chi connectivity index (χ1n) is 8.45. The molecule has 1 atom stereocenters. The molecule has 1 aromatic rings. The highest BCUT2D eigenvalue weighted by molar-refractivity contribution is 5.30. The van der Waals surface area contributed by atoms with Gasteiger partial charge < -0.3 is 15.1 Å². The van der Waals surface area contributed by atoms with E-state index >= 15 is 0 Å². The SMILES string of the molecule is [2H]C([2H])([2H])N(C)C[C@H](c1ccc(O)cc1)C1(O)CCCCC1. The molecule has 2 N–H and O–H groups in total. The van der Waals surface area contributed by atoms with Gasteiger partial charge in [-0.2, -0.15) is 0 Å². The largest absolute Gasteiger partial charge is 0.508 e. The number of likely N-dealkylation sites (N-methyl/N-ethyl adjacent to an activating group) is 1. The minimum atomic E-state index is -2.18. The number of hydrogen-bond donors (Lipinski definition) is 2. The van der Waals surface area contributed by atoms with E-state index in [-0.39, 0.29) is 18.2 Å². The van der Waals surface area contributed by atoms with Gasteiger partial charge in [-0.1, -0.05) is 31.4 Å². The quantitative estimate of drug-likeness (QED) is 0.880. The molecule has 1 aliphatic carbocycles. The van der Waals surface area contributed by atoms with Gasteiger partial charge in [-0.3, -0.25) is 0 Å². The summed E-state index contributed by atoms with van der Waals surface area (Å²) in [7, 11) is 1.56. The summed E-state index contributed by atoms with van der Waals surface area (Å²) in [5, 5.41) is 20.6. The number of benzene rings is 1. The summed E-state index contributed by atoms with van der Waals surface area (Å²) in [6.07, 6.45) is 4.41. The highest BCUT2D eigenvalue weighted by atomic mass is 16.3. The normalized spacial score (nSPS) is 23.4. The third kappa shape index (κ3) is 3.48. The molecule has 0 bridgehead atoms. The predicted octanol–water partition coefficient (Wildman–Crippen LogP) is 2.73. The number of aromatic hydroxyl groups is 1. The highest BCUT2D eigenvalue weighted by Gasteiger charge is 2.38. The molecule has 3 heteroatoms. The number of aliphatic hydroxyl groups is 1. The second kappa shape index (κ2) is 5.93. The van der Waals surface area contributed by atoms with Crippen molar-refractivity contribution in [3.8, 4) is 5.75 Å². The van der Waals surface area contributed by atoms with Gasteiger partial charge in [0.25, 0.3) is 0 Å². The Morgan fingerprint density at radius 3 is 2.47 bits per heavy atom. The highest BCUT2D eigenvalue weighted by Crippen LogP contribution is 2.40. The van der Waals surface area contributed by atoms with Crippen LogP contribution in [0.4, 0.5) is 0 Å². The Bertz CT molecular complexity index is 481. The van der Waals surface area contributed by atoms with Crippen molar-refractivity contribution in [1.82, 2.24) is 4.90 Å². The van der Waals surface area contributed by atoms with Gasteiger partial charge in [-0.05, 0) is 44.6 Å². The Kier molecular flexibility index (Phi) is 3.34. The topological polar surface area (TPSA) is 43.7 Å². The van der Waals surface area contributed by atoms with E-state index in [0.717, 1.165) is 24.8 Å². The van der Waals surface area contributed by atoms with Gasteiger partial charge >= 0.3 is 0 Å². The predicted molar refractivity (Wildman–Crippen MR) is 77.4 cm³/mol. The van der Waals surface area contributed by atoms with Crippen LogP contribution in [0, 0.1) is 0 Å². The molecule has 1 saturated carbocycles. The van der Waals surface area contributed by atoms with Crippen molar-refractivity contribution in [1.29, 1.82) is 0 Å². The molecule has 0 spiro atoms. The van der Waals surface area contributed by atoms with E-state index in [0.29, 0.717) is 12.8 Å². The maximum Gasteiger partial charge on any atom is 0.115 e. The molecule has 0 amide bonds. The van der Waals surface area contributed by atoms with E-state index < -0.39 is 12.6 Å². The zero-order valence-electron chi connectivity index (χ0n) is 14.5. The molecule has 19 heavy (non-hydrogen) atoms. The summed E-state index contributed by atoms with van der Waals surface area (Å²) in [4.78, 5) is 1.32. The Labute approximate surface area is 120 Å². The van der Waals surface area contributed by atoms with Crippen LogP contribution >= 0.6 is 0 Å². The molecule has 0 unspecified atom stereocenters. The molecule has 106 valence electrons. The van der Waals surface area contributed by atoms with Crippen LogP contribution in [0.2, 0.25) is 0 Å². The number of phenolic OH excluding ortho intramolecular Hbond substituents is 1. The second-order valence-corrected chi connectivity index (χ2v) is 5.69. The lowest BCUT2D eigenvalue weighted by molar-refractivity contribution is -0.0277. The summed E-state index contributed by atoms with van der Waals surface area (Å²) < 4.78 is 22.6. The first-order valence-corrected chi connectivity index (χ1v) is 6.95. The average Bonchev–Trinajstić information content (AvgIpc) is 2.45. The van der Waals surface area contributed by atoms with Crippen molar-refractivity contribution in [3.05, 3.63) is 29.8 Å². The number of rotatable bonds is 4. The van der Waals surface area contributed by atoms with E-state index in [1.807, 2.05) is 0 Å². The van der Waals surface area contributed by atoms with Crippen LogP contribution in [0.5, 0.6) is 5.75 Å². The lowest BCUT2D eigenvalue weighted by Gasteiger charge is -2.40. The van der Waals surface area contributed by atoms with E-state index in [2.05, 4.69) is 0 Å². The lowest BCUT2D eigenvalue weighted by Crippen LogP contribution is -2.42. The molecule has 1 aromatic carbocycles. The minimum Gasteiger partial charge on any atom is -0.508 e. The Morgan fingerprint density at radius 1 is 1.26 bits per heavy atom. The third-order valence-corrected chi connectivity index (χ3v) is 4.12. The summed E-state index contributed by atoms with van der Waals surface area (Å²) in [6, 6.07) is 6.73. The average molecular weight is 266 g/mol. The lowest BCUT2D eigenvalue weighted by atomic mass is 9.72. The fraction of sp³-hybridized carbons (Fsp3) is 0.625. The van der Waals surface area contributed by atoms with Crippen LogP contribution in [-0.2, 0) is 0 Å². The van der Waals surface area contributed by atoms with Crippen molar-refractivity contribution in [3.63, 3.8) is 0 Å². The molecule has 2 rings (SSSR count). The monoisotopic (exact) mass is 266 g/mol. The van der Waals surface area contributed by atoms with Crippen LogP contribution in [0.3, 0.4) is 0 Å². The van der Waals surface area contributed by atoms with Gasteiger partial charge in [0.2, 0.25) is 0 Å². The summed E-state index contributed by atoms with van der Waals surface area (Å²) in [5.41, 5.74) is -0.00680. The van der Waals surface area contributed by atoms with Crippen molar-refractivity contribution in [2.45, 2.75) is 43.6 Å². The molecule has 1 fully saturated rings. The van der Waals surface area contributed by atoms with Crippen molar-refractivity contribution in [2.24, 2.45) is 0 Å². The number of nitrogens with zero attached hydrogens (tertiary/aromatic N) is 1. The van der Waals surface area contributed by atoms with Crippen LogP contribution in [-0.4, -0.2) is 41.3 Å². The Morgan fingerprint density at radius 2 is 1.89 bits per heavy atom. The Hall–Kier alpha value is -1.06. The second-order valence-electron chi connectivity index (χ2n) is 5.69. The molecule has 0 aliphatic heterocycles. The van der Waals surface area contributed by atoms with Gasteiger partial charge in [0, 0.05) is 16.6 Å². The number of hydrogen-bond acceptors (Lipinski definition) is 3. The maximum absolute atomic E-state index is 11.1. The van der Waals surface area contributed by atoms with Crippen LogP contribution in [0.15, 0.2) is 24.3 Å². The van der Waals surface area contributed by atoms with Crippen LogP contribution in [0.25, 0.3) is 0 Å². The van der Waals surface area contributed by atoms with Gasteiger partial charge in [0.1, 0.15) is 5.75 Å². The van der Waals surface area contributed by atoms with Crippen molar-refractivity contribution < 1.29 is 14.3 Å². The first-order chi connectivity index (χ1) is 10.2.